The van der Waals surface area contributed by atoms with E-state index in [0.717, 1.165) is 11.5 Å². The van der Waals surface area contributed by atoms with Crippen LogP contribution < -0.4 is 14.8 Å². The first-order chi connectivity index (χ1) is 9.71. The Labute approximate surface area is 120 Å². The highest BCUT2D eigenvalue weighted by Crippen LogP contribution is 2.17. The van der Waals surface area contributed by atoms with Crippen molar-refractivity contribution in [2.24, 2.45) is 0 Å². The highest BCUT2D eigenvalue weighted by Gasteiger charge is 2.17. The lowest BCUT2D eigenvalue weighted by Gasteiger charge is -2.15. The molecule has 5 heteroatoms. The van der Waals surface area contributed by atoms with Crippen molar-refractivity contribution in [3.05, 3.63) is 24.3 Å². The van der Waals surface area contributed by atoms with Gasteiger partial charge in [0.25, 0.3) is 0 Å². The minimum atomic E-state index is -0.336. The van der Waals surface area contributed by atoms with Crippen molar-refractivity contribution >= 4 is 5.97 Å². The van der Waals surface area contributed by atoms with E-state index in [-0.39, 0.29) is 12.0 Å². The van der Waals surface area contributed by atoms with E-state index in [1.54, 1.807) is 14.0 Å². The van der Waals surface area contributed by atoms with E-state index in [2.05, 4.69) is 5.32 Å². The molecule has 112 valence electrons. The predicted molar refractivity (Wildman–Crippen MR) is 77.2 cm³/mol. The monoisotopic (exact) mass is 281 g/mol. The van der Waals surface area contributed by atoms with Gasteiger partial charge in [-0.15, -0.1) is 0 Å². The van der Waals surface area contributed by atoms with E-state index in [0.29, 0.717) is 26.2 Å². The maximum absolute atomic E-state index is 11.6. The Morgan fingerprint density at radius 1 is 1.10 bits per heavy atom. The van der Waals surface area contributed by atoms with Gasteiger partial charge in [0.1, 0.15) is 17.5 Å². The van der Waals surface area contributed by atoms with Crippen LogP contribution in [0.15, 0.2) is 24.3 Å². The number of ether oxygens (including phenoxy) is 3. The second-order valence-corrected chi connectivity index (χ2v) is 4.13. The van der Waals surface area contributed by atoms with Crippen molar-refractivity contribution in [1.29, 1.82) is 0 Å². The molecule has 1 aromatic carbocycles. The van der Waals surface area contributed by atoms with Crippen molar-refractivity contribution in [3.63, 3.8) is 0 Å². The second-order valence-electron chi connectivity index (χ2n) is 4.13. The summed E-state index contributed by atoms with van der Waals surface area (Å²) in [5.41, 5.74) is 0. The number of hydrogen-bond acceptors (Lipinski definition) is 5. The third-order valence-electron chi connectivity index (χ3n) is 2.73. The number of rotatable bonds is 9. The summed E-state index contributed by atoms with van der Waals surface area (Å²) in [6.07, 6.45) is 0.558. The zero-order valence-electron chi connectivity index (χ0n) is 12.3. The molecule has 0 spiro atoms. The van der Waals surface area contributed by atoms with Gasteiger partial charge in [0, 0.05) is 6.42 Å². The van der Waals surface area contributed by atoms with Crippen LogP contribution in [0, 0.1) is 0 Å². The van der Waals surface area contributed by atoms with Crippen molar-refractivity contribution in [3.8, 4) is 11.5 Å². The molecule has 0 aliphatic carbocycles. The largest absolute Gasteiger partial charge is 0.494 e. The van der Waals surface area contributed by atoms with Gasteiger partial charge in [-0.3, -0.25) is 4.79 Å². The van der Waals surface area contributed by atoms with Crippen LogP contribution in [0.5, 0.6) is 11.5 Å². The number of likely N-dealkylation sites (N-methyl/N-ethyl adjacent to an activating group) is 1. The molecule has 0 amide bonds. The van der Waals surface area contributed by atoms with Gasteiger partial charge in [-0.2, -0.15) is 0 Å². The van der Waals surface area contributed by atoms with E-state index in [1.807, 2.05) is 31.2 Å². The van der Waals surface area contributed by atoms with E-state index < -0.39 is 0 Å². The fourth-order valence-electron chi connectivity index (χ4n) is 1.72. The molecule has 0 saturated heterocycles. The Kier molecular flexibility index (Phi) is 7.50. The Morgan fingerprint density at radius 2 is 1.70 bits per heavy atom. The minimum absolute atomic E-state index is 0.245. The summed E-state index contributed by atoms with van der Waals surface area (Å²) in [4.78, 5) is 11.6. The average Bonchev–Trinajstić information content (AvgIpc) is 2.46. The first kappa shape index (κ1) is 16.3. The standard InChI is InChI=1S/C15H23NO4/c1-4-18-12-6-8-13(9-7-12)20-11-10-14(16-3)15(17)19-5-2/h6-9,14,16H,4-5,10-11H2,1-3H3. The van der Waals surface area contributed by atoms with E-state index in [4.69, 9.17) is 14.2 Å². The second kappa shape index (κ2) is 9.20. The lowest BCUT2D eigenvalue weighted by atomic mass is 10.2. The van der Waals surface area contributed by atoms with Gasteiger partial charge in [-0.25, -0.2) is 0 Å². The van der Waals surface area contributed by atoms with Crippen LogP contribution in [0.2, 0.25) is 0 Å². The molecule has 1 aromatic rings. The van der Waals surface area contributed by atoms with Gasteiger partial charge in [-0.05, 0) is 45.2 Å². The highest BCUT2D eigenvalue weighted by molar-refractivity contribution is 5.75. The Morgan fingerprint density at radius 3 is 2.20 bits per heavy atom. The Balaban J connectivity index is 2.36. The van der Waals surface area contributed by atoms with E-state index >= 15 is 0 Å². The minimum Gasteiger partial charge on any atom is -0.494 e. The Bertz CT molecular complexity index is 391. The number of carbonyl (C=O) groups is 1. The molecule has 20 heavy (non-hydrogen) atoms. The SMILES string of the molecule is CCOC(=O)C(CCOc1ccc(OCC)cc1)NC. The van der Waals surface area contributed by atoms with Gasteiger partial charge < -0.3 is 19.5 Å². The quantitative estimate of drug-likeness (QED) is 0.702. The van der Waals surface area contributed by atoms with Crippen LogP contribution in [0.25, 0.3) is 0 Å². The summed E-state index contributed by atoms with van der Waals surface area (Å²) in [6.45, 7) is 5.21. The summed E-state index contributed by atoms with van der Waals surface area (Å²) in [5.74, 6) is 1.33. The van der Waals surface area contributed by atoms with E-state index in [1.165, 1.54) is 0 Å². The maximum atomic E-state index is 11.6. The normalized spacial score (nSPS) is 11.8. The maximum Gasteiger partial charge on any atom is 0.323 e. The zero-order valence-corrected chi connectivity index (χ0v) is 12.3. The summed E-state index contributed by atoms with van der Waals surface area (Å²) < 4.78 is 15.9. The van der Waals surface area contributed by atoms with Crippen molar-refractivity contribution < 1.29 is 19.0 Å². The van der Waals surface area contributed by atoms with Crippen LogP contribution >= 0.6 is 0 Å². The molecular weight excluding hydrogens is 258 g/mol. The lowest BCUT2D eigenvalue weighted by molar-refractivity contribution is -0.145. The summed E-state index contributed by atoms with van der Waals surface area (Å²) in [6, 6.07) is 7.09. The molecule has 1 atom stereocenters. The van der Waals surface area contributed by atoms with Crippen LogP contribution in [-0.4, -0.2) is 38.9 Å². The topological polar surface area (TPSA) is 56.8 Å². The molecule has 1 N–H and O–H groups in total. The molecule has 0 aromatic heterocycles. The first-order valence-electron chi connectivity index (χ1n) is 6.90. The molecule has 0 aliphatic rings. The van der Waals surface area contributed by atoms with Gasteiger partial charge >= 0.3 is 5.97 Å². The Hall–Kier alpha value is -1.75. The van der Waals surface area contributed by atoms with Gasteiger partial charge in [0.05, 0.1) is 19.8 Å². The molecule has 0 heterocycles. The number of nitrogens with one attached hydrogen (secondary N) is 1. The summed E-state index contributed by atoms with van der Waals surface area (Å²) >= 11 is 0. The molecule has 0 radical (unpaired) electrons. The van der Waals surface area contributed by atoms with Crippen LogP contribution in [-0.2, 0) is 9.53 Å². The van der Waals surface area contributed by atoms with Crippen molar-refractivity contribution in [1.82, 2.24) is 5.32 Å². The molecule has 0 bridgehead atoms. The molecular formula is C15H23NO4. The number of esters is 1. The smallest absolute Gasteiger partial charge is 0.323 e. The van der Waals surface area contributed by atoms with Crippen molar-refractivity contribution in [2.45, 2.75) is 26.3 Å². The molecule has 5 nitrogen and oxygen atoms in total. The van der Waals surface area contributed by atoms with Crippen LogP contribution in [0.3, 0.4) is 0 Å². The lowest BCUT2D eigenvalue weighted by Crippen LogP contribution is -2.36. The van der Waals surface area contributed by atoms with Crippen LogP contribution in [0.1, 0.15) is 20.3 Å². The molecule has 0 fully saturated rings. The van der Waals surface area contributed by atoms with Gasteiger partial charge in [-0.1, -0.05) is 0 Å². The molecule has 0 aliphatic heterocycles. The fourth-order valence-corrected chi connectivity index (χ4v) is 1.72. The zero-order chi connectivity index (χ0) is 14.8. The third-order valence-corrected chi connectivity index (χ3v) is 2.73. The van der Waals surface area contributed by atoms with Gasteiger partial charge in [0.15, 0.2) is 0 Å². The predicted octanol–water partition coefficient (Wildman–Crippen LogP) is 2.01. The number of hydrogen-bond donors (Lipinski definition) is 1. The van der Waals surface area contributed by atoms with Crippen molar-refractivity contribution in [2.75, 3.05) is 26.9 Å². The number of benzene rings is 1. The third kappa shape index (κ3) is 5.48. The average molecular weight is 281 g/mol. The highest BCUT2D eigenvalue weighted by atomic mass is 16.5. The van der Waals surface area contributed by atoms with E-state index in [9.17, 15) is 4.79 Å². The summed E-state index contributed by atoms with van der Waals surface area (Å²) in [7, 11) is 1.73. The first-order valence-corrected chi connectivity index (χ1v) is 6.90. The molecule has 1 rings (SSSR count). The molecule has 1 unspecified atom stereocenters. The number of carbonyl (C=O) groups excluding carboxylic acids is 1. The van der Waals surface area contributed by atoms with Crippen LogP contribution in [0.4, 0.5) is 0 Å². The van der Waals surface area contributed by atoms with Gasteiger partial charge in [0.2, 0.25) is 0 Å². The molecule has 0 saturated carbocycles. The summed E-state index contributed by atoms with van der Waals surface area (Å²) in [5, 5.41) is 2.92. The fraction of sp³-hybridized carbons (Fsp3) is 0.533.